The molecule has 112 valence electrons. The van der Waals surface area contributed by atoms with E-state index in [9.17, 15) is 0 Å². The molecular weight excluding hydrogens is 356 g/mol. The molecule has 0 spiro atoms. The predicted octanol–water partition coefficient (Wildman–Crippen LogP) is 4.70. The average Bonchev–Trinajstić information content (AvgIpc) is 2.48. The van der Waals surface area contributed by atoms with E-state index in [4.69, 9.17) is 21.1 Å². The standard InChI is InChI=1S/C15H16BrClN2O2/c1-8(2)13-12(16)14(17)19-15(18-13)10-6-5-9(20-3)7-11(10)21-4/h5-8H,1-4H3. The van der Waals surface area contributed by atoms with Crippen LogP contribution in [0.3, 0.4) is 0 Å². The van der Waals surface area contributed by atoms with Crippen molar-refractivity contribution in [3.8, 4) is 22.9 Å². The summed E-state index contributed by atoms with van der Waals surface area (Å²) in [6.07, 6.45) is 0. The number of halogens is 2. The molecule has 21 heavy (non-hydrogen) atoms. The van der Waals surface area contributed by atoms with Crippen molar-refractivity contribution in [1.82, 2.24) is 9.97 Å². The van der Waals surface area contributed by atoms with Crippen LogP contribution in [0.25, 0.3) is 11.4 Å². The van der Waals surface area contributed by atoms with E-state index >= 15 is 0 Å². The third-order valence-electron chi connectivity index (χ3n) is 3.03. The molecule has 0 atom stereocenters. The summed E-state index contributed by atoms with van der Waals surface area (Å²) in [6, 6.07) is 5.50. The van der Waals surface area contributed by atoms with Gasteiger partial charge in [0.25, 0.3) is 0 Å². The van der Waals surface area contributed by atoms with Crippen LogP contribution in [-0.2, 0) is 0 Å². The Morgan fingerprint density at radius 1 is 1.14 bits per heavy atom. The molecule has 0 aliphatic carbocycles. The molecule has 0 radical (unpaired) electrons. The van der Waals surface area contributed by atoms with Gasteiger partial charge in [-0.25, -0.2) is 9.97 Å². The van der Waals surface area contributed by atoms with Crippen molar-refractivity contribution < 1.29 is 9.47 Å². The lowest BCUT2D eigenvalue weighted by atomic mass is 10.1. The first-order valence-electron chi connectivity index (χ1n) is 6.43. The quantitative estimate of drug-likeness (QED) is 0.731. The van der Waals surface area contributed by atoms with Gasteiger partial charge in [0.2, 0.25) is 0 Å². The van der Waals surface area contributed by atoms with Crippen molar-refractivity contribution in [3.05, 3.63) is 33.5 Å². The summed E-state index contributed by atoms with van der Waals surface area (Å²) in [5.41, 5.74) is 1.64. The second kappa shape index (κ2) is 6.62. The highest BCUT2D eigenvalue weighted by atomic mass is 79.9. The summed E-state index contributed by atoms with van der Waals surface area (Å²) >= 11 is 9.64. The molecule has 6 heteroatoms. The predicted molar refractivity (Wildman–Crippen MR) is 87.4 cm³/mol. The number of rotatable bonds is 4. The Morgan fingerprint density at radius 2 is 1.86 bits per heavy atom. The lowest BCUT2D eigenvalue weighted by Gasteiger charge is -2.13. The minimum Gasteiger partial charge on any atom is -0.497 e. The molecule has 0 aliphatic rings. The largest absolute Gasteiger partial charge is 0.497 e. The Hall–Kier alpha value is -1.33. The molecule has 0 N–H and O–H groups in total. The molecule has 2 aromatic rings. The molecule has 2 rings (SSSR count). The van der Waals surface area contributed by atoms with Gasteiger partial charge in [0.15, 0.2) is 5.82 Å². The SMILES string of the molecule is COc1ccc(-c2nc(Cl)c(Br)c(C(C)C)n2)c(OC)c1. The Balaban J connectivity index is 2.61. The summed E-state index contributed by atoms with van der Waals surface area (Å²) in [5.74, 6) is 2.11. The van der Waals surface area contributed by atoms with Gasteiger partial charge >= 0.3 is 0 Å². The molecule has 0 fully saturated rings. The Bertz CT molecular complexity index is 662. The van der Waals surface area contributed by atoms with E-state index in [0.717, 1.165) is 15.7 Å². The van der Waals surface area contributed by atoms with Crippen LogP contribution >= 0.6 is 27.5 Å². The van der Waals surface area contributed by atoms with Crippen LogP contribution < -0.4 is 9.47 Å². The Morgan fingerprint density at radius 3 is 2.43 bits per heavy atom. The highest BCUT2D eigenvalue weighted by molar-refractivity contribution is 9.10. The van der Waals surface area contributed by atoms with E-state index in [0.29, 0.717) is 22.5 Å². The van der Waals surface area contributed by atoms with E-state index in [1.165, 1.54) is 0 Å². The fraction of sp³-hybridized carbons (Fsp3) is 0.333. The number of hydrogen-bond donors (Lipinski definition) is 0. The van der Waals surface area contributed by atoms with Crippen LogP contribution in [0.15, 0.2) is 22.7 Å². The summed E-state index contributed by atoms with van der Waals surface area (Å²) in [6.45, 7) is 4.11. The summed E-state index contributed by atoms with van der Waals surface area (Å²) in [4.78, 5) is 8.94. The van der Waals surface area contributed by atoms with Crippen LogP contribution in [0.4, 0.5) is 0 Å². The van der Waals surface area contributed by atoms with Crippen molar-refractivity contribution in [2.75, 3.05) is 14.2 Å². The van der Waals surface area contributed by atoms with Gasteiger partial charge in [-0.15, -0.1) is 0 Å². The third kappa shape index (κ3) is 3.30. The maximum Gasteiger partial charge on any atom is 0.164 e. The number of aromatic nitrogens is 2. The number of nitrogens with zero attached hydrogens (tertiary/aromatic N) is 2. The fourth-order valence-electron chi connectivity index (χ4n) is 1.92. The van der Waals surface area contributed by atoms with Gasteiger partial charge in [0.1, 0.15) is 16.7 Å². The van der Waals surface area contributed by atoms with Crippen molar-refractivity contribution in [2.24, 2.45) is 0 Å². The molecular formula is C15H16BrClN2O2. The van der Waals surface area contributed by atoms with E-state index in [1.807, 2.05) is 12.1 Å². The summed E-state index contributed by atoms with van der Waals surface area (Å²) < 4.78 is 11.3. The van der Waals surface area contributed by atoms with Crippen molar-refractivity contribution in [1.29, 1.82) is 0 Å². The first-order chi connectivity index (χ1) is 9.97. The molecule has 4 nitrogen and oxygen atoms in total. The lowest BCUT2D eigenvalue weighted by Crippen LogP contribution is -2.01. The van der Waals surface area contributed by atoms with Gasteiger partial charge in [0.05, 0.1) is 29.9 Å². The molecule has 0 bridgehead atoms. The van der Waals surface area contributed by atoms with Gasteiger partial charge in [-0.05, 0) is 34.0 Å². The van der Waals surface area contributed by atoms with Crippen LogP contribution in [-0.4, -0.2) is 24.2 Å². The molecule has 0 saturated carbocycles. The van der Waals surface area contributed by atoms with E-state index in [-0.39, 0.29) is 5.92 Å². The zero-order valence-electron chi connectivity index (χ0n) is 12.3. The summed E-state index contributed by atoms with van der Waals surface area (Å²) in [7, 11) is 3.21. The summed E-state index contributed by atoms with van der Waals surface area (Å²) in [5, 5.41) is 0.390. The van der Waals surface area contributed by atoms with Crippen LogP contribution in [0.5, 0.6) is 11.5 Å². The Kier molecular flexibility index (Phi) is 5.06. The Labute approximate surface area is 137 Å². The maximum atomic E-state index is 6.20. The number of ether oxygens (including phenoxy) is 2. The number of methoxy groups -OCH3 is 2. The van der Waals surface area contributed by atoms with E-state index < -0.39 is 0 Å². The van der Waals surface area contributed by atoms with E-state index in [2.05, 4.69) is 39.7 Å². The monoisotopic (exact) mass is 370 g/mol. The molecule has 1 aromatic carbocycles. The van der Waals surface area contributed by atoms with Gasteiger partial charge in [-0.1, -0.05) is 25.4 Å². The van der Waals surface area contributed by atoms with Crippen molar-refractivity contribution in [3.63, 3.8) is 0 Å². The zero-order valence-corrected chi connectivity index (χ0v) is 14.6. The van der Waals surface area contributed by atoms with Gasteiger partial charge < -0.3 is 9.47 Å². The third-order valence-corrected chi connectivity index (χ3v) is 4.32. The molecule has 0 unspecified atom stereocenters. The molecule has 0 aliphatic heterocycles. The van der Waals surface area contributed by atoms with Crippen LogP contribution in [0, 0.1) is 0 Å². The normalized spacial score (nSPS) is 10.8. The average molecular weight is 372 g/mol. The highest BCUT2D eigenvalue weighted by Crippen LogP contribution is 2.35. The molecule has 0 saturated heterocycles. The molecule has 1 heterocycles. The second-order valence-corrected chi connectivity index (χ2v) is 5.91. The lowest BCUT2D eigenvalue weighted by molar-refractivity contribution is 0.395. The topological polar surface area (TPSA) is 44.2 Å². The fourth-order valence-corrected chi connectivity index (χ4v) is 2.73. The molecule has 0 amide bonds. The van der Waals surface area contributed by atoms with Gasteiger partial charge in [-0.3, -0.25) is 0 Å². The van der Waals surface area contributed by atoms with Crippen molar-refractivity contribution in [2.45, 2.75) is 19.8 Å². The number of benzene rings is 1. The minimum absolute atomic E-state index is 0.225. The van der Waals surface area contributed by atoms with Gasteiger partial charge in [-0.2, -0.15) is 0 Å². The minimum atomic E-state index is 0.225. The second-order valence-electron chi connectivity index (χ2n) is 4.76. The zero-order chi connectivity index (χ0) is 15.6. The highest BCUT2D eigenvalue weighted by Gasteiger charge is 2.17. The van der Waals surface area contributed by atoms with E-state index in [1.54, 1.807) is 20.3 Å². The first kappa shape index (κ1) is 16.0. The number of hydrogen-bond acceptors (Lipinski definition) is 4. The van der Waals surface area contributed by atoms with Crippen LogP contribution in [0.2, 0.25) is 5.15 Å². The molecule has 1 aromatic heterocycles. The first-order valence-corrected chi connectivity index (χ1v) is 7.60. The maximum absolute atomic E-state index is 6.20. The van der Waals surface area contributed by atoms with Crippen LogP contribution in [0.1, 0.15) is 25.5 Å². The smallest absolute Gasteiger partial charge is 0.164 e. The van der Waals surface area contributed by atoms with Gasteiger partial charge in [0, 0.05) is 6.07 Å². The van der Waals surface area contributed by atoms with Crippen molar-refractivity contribution >= 4 is 27.5 Å².